The lowest BCUT2D eigenvalue weighted by atomic mass is 9.88. The molecule has 114 valence electrons. The fourth-order valence-electron chi connectivity index (χ4n) is 3.39. The van der Waals surface area contributed by atoms with E-state index in [1.165, 1.54) is 11.1 Å². The fraction of sp³-hybridized carbons (Fsp3) is 0.350. The van der Waals surface area contributed by atoms with Crippen LogP contribution in [0.5, 0.6) is 0 Å². The van der Waals surface area contributed by atoms with Crippen molar-refractivity contribution >= 4 is 5.91 Å². The Labute approximate surface area is 132 Å². The summed E-state index contributed by atoms with van der Waals surface area (Å²) in [6, 6.07) is 21.1. The maximum atomic E-state index is 12.7. The Kier molecular flexibility index (Phi) is 4.57. The zero-order valence-corrected chi connectivity index (χ0v) is 13.1. The highest BCUT2D eigenvalue weighted by Crippen LogP contribution is 2.30. The van der Waals surface area contributed by atoms with Crippen molar-refractivity contribution in [1.82, 2.24) is 4.90 Å². The van der Waals surface area contributed by atoms with Gasteiger partial charge in [-0.3, -0.25) is 4.79 Å². The van der Waals surface area contributed by atoms with Crippen LogP contribution in [0.4, 0.5) is 0 Å². The van der Waals surface area contributed by atoms with Crippen LogP contribution in [0.2, 0.25) is 0 Å². The van der Waals surface area contributed by atoms with Gasteiger partial charge in [0.1, 0.15) is 0 Å². The van der Waals surface area contributed by atoms with Gasteiger partial charge < -0.3 is 4.90 Å². The number of carbonyl (C=O) groups excluding carboxylic acids is 1. The number of hydrogen-bond acceptors (Lipinski definition) is 1. The highest BCUT2D eigenvalue weighted by Gasteiger charge is 2.27. The summed E-state index contributed by atoms with van der Waals surface area (Å²) in [5.41, 5.74) is 2.43. The van der Waals surface area contributed by atoms with Crippen LogP contribution in [0.15, 0.2) is 60.7 Å². The van der Waals surface area contributed by atoms with Crippen molar-refractivity contribution in [1.29, 1.82) is 0 Å². The van der Waals surface area contributed by atoms with Crippen molar-refractivity contribution in [3.63, 3.8) is 0 Å². The lowest BCUT2D eigenvalue weighted by Crippen LogP contribution is -2.34. The molecule has 22 heavy (non-hydrogen) atoms. The third-order valence-electron chi connectivity index (χ3n) is 4.66. The Hall–Kier alpha value is -2.09. The van der Waals surface area contributed by atoms with E-state index in [2.05, 4.69) is 36.1 Å². The first-order valence-electron chi connectivity index (χ1n) is 8.15. The molecule has 0 N–H and O–H groups in total. The average Bonchev–Trinajstić information content (AvgIpc) is 3.00. The first kappa shape index (κ1) is 14.8. The average molecular weight is 293 g/mol. The summed E-state index contributed by atoms with van der Waals surface area (Å²) in [5, 5.41) is 0. The second-order valence-electron chi connectivity index (χ2n) is 6.16. The van der Waals surface area contributed by atoms with E-state index in [1.807, 2.05) is 36.4 Å². The number of hydrogen-bond donors (Lipinski definition) is 0. The van der Waals surface area contributed by atoms with E-state index in [4.69, 9.17) is 0 Å². The molecule has 0 aromatic heterocycles. The maximum absolute atomic E-state index is 12.7. The number of benzene rings is 2. The first-order valence-corrected chi connectivity index (χ1v) is 8.15. The molecule has 0 spiro atoms. The molecule has 1 heterocycles. The molecule has 1 aliphatic heterocycles. The Morgan fingerprint density at radius 3 is 2.05 bits per heavy atom. The van der Waals surface area contributed by atoms with Crippen molar-refractivity contribution < 1.29 is 4.79 Å². The Morgan fingerprint density at radius 1 is 1.05 bits per heavy atom. The molecule has 0 radical (unpaired) electrons. The molecular formula is C20H23NO. The van der Waals surface area contributed by atoms with Gasteiger partial charge in [-0.1, -0.05) is 60.7 Å². The minimum absolute atomic E-state index is 0.141. The second kappa shape index (κ2) is 6.78. The minimum atomic E-state index is 0.141. The van der Waals surface area contributed by atoms with Crippen LogP contribution in [-0.4, -0.2) is 23.4 Å². The molecule has 1 saturated heterocycles. The molecule has 2 nitrogen and oxygen atoms in total. The highest BCUT2D eigenvalue weighted by molar-refractivity contribution is 5.78. The Morgan fingerprint density at radius 2 is 1.59 bits per heavy atom. The molecule has 1 aliphatic rings. The molecule has 1 fully saturated rings. The molecule has 2 aromatic rings. The molecule has 3 rings (SSSR count). The topological polar surface area (TPSA) is 20.3 Å². The summed E-state index contributed by atoms with van der Waals surface area (Å²) < 4.78 is 0. The SMILES string of the molecule is CC1CCCN1C(=O)CC(c1ccccc1)c1ccccc1. The van der Waals surface area contributed by atoms with Gasteiger partial charge in [-0.05, 0) is 30.9 Å². The third kappa shape index (κ3) is 3.22. The molecule has 2 heteroatoms. The van der Waals surface area contributed by atoms with E-state index in [9.17, 15) is 4.79 Å². The summed E-state index contributed by atoms with van der Waals surface area (Å²) in [6.07, 6.45) is 2.82. The summed E-state index contributed by atoms with van der Waals surface area (Å²) in [4.78, 5) is 14.8. The molecule has 0 bridgehead atoms. The smallest absolute Gasteiger partial charge is 0.223 e. The molecule has 1 unspecified atom stereocenters. The molecule has 1 atom stereocenters. The van der Waals surface area contributed by atoms with Crippen LogP contribution < -0.4 is 0 Å². The number of carbonyl (C=O) groups is 1. The van der Waals surface area contributed by atoms with E-state index in [0.29, 0.717) is 12.5 Å². The van der Waals surface area contributed by atoms with E-state index in [1.54, 1.807) is 0 Å². The minimum Gasteiger partial charge on any atom is -0.340 e. The molecule has 0 aliphatic carbocycles. The van der Waals surface area contributed by atoms with Crippen molar-refractivity contribution in [2.24, 2.45) is 0 Å². The van der Waals surface area contributed by atoms with E-state index in [-0.39, 0.29) is 11.8 Å². The molecule has 1 amide bonds. The van der Waals surface area contributed by atoms with E-state index in [0.717, 1.165) is 19.4 Å². The van der Waals surface area contributed by atoms with Crippen LogP contribution in [-0.2, 0) is 4.79 Å². The monoisotopic (exact) mass is 293 g/mol. The molecule has 0 saturated carbocycles. The predicted octanol–water partition coefficient (Wildman–Crippen LogP) is 4.22. The molecule has 2 aromatic carbocycles. The summed E-state index contributed by atoms with van der Waals surface area (Å²) in [7, 11) is 0. The summed E-state index contributed by atoms with van der Waals surface area (Å²) in [5.74, 6) is 0.422. The molecular weight excluding hydrogens is 270 g/mol. The van der Waals surface area contributed by atoms with Crippen molar-refractivity contribution in [3.8, 4) is 0 Å². The lowest BCUT2D eigenvalue weighted by Gasteiger charge is -2.25. The van der Waals surface area contributed by atoms with E-state index >= 15 is 0 Å². The first-order chi connectivity index (χ1) is 10.8. The van der Waals surface area contributed by atoms with Crippen molar-refractivity contribution in [2.45, 2.75) is 38.1 Å². The normalized spacial score (nSPS) is 17.9. The van der Waals surface area contributed by atoms with Gasteiger partial charge in [-0.15, -0.1) is 0 Å². The standard InChI is InChI=1S/C20H23NO/c1-16-9-8-14-21(16)20(22)15-19(17-10-4-2-5-11-17)18-12-6-3-7-13-18/h2-7,10-13,16,19H,8-9,14-15H2,1H3. The van der Waals surface area contributed by atoms with Gasteiger partial charge in [-0.25, -0.2) is 0 Å². The van der Waals surface area contributed by atoms with Gasteiger partial charge in [0, 0.05) is 24.9 Å². The van der Waals surface area contributed by atoms with Gasteiger partial charge in [0.05, 0.1) is 0 Å². The number of nitrogens with zero attached hydrogens (tertiary/aromatic N) is 1. The van der Waals surface area contributed by atoms with Gasteiger partial charge in [0.2, 0.25) is 5.91 Å². The van der Waals surface area contributed by atoms with E-state index < -0.39 is 0 Å². The van der Waals surface area contributed by atoms with Crippen LogP contribution in [0, 0.1) is 0 Å². The summed E-state index contributed by atoms with van der Waals surface area (Å²) in [6.45, 7) is 3.07. The quantitative estimate of drug-likeness (QED) is 0.826. The van der Waals surface area contributed by atoms with Crippen LogP contribution >= 0.6 is 0 Å². The van der Waals surface area contributed by atoms with Crippen LogP contribution in [0.3, 0.4) is 0 Å². The fourth-order valence-corrected chi connectivity index (χ4v) is 3.39. The third-order valence-corrected chi connectivity index (χ3v) is 4.66. The van der Waals surface area contributed by atoms with Crippen molar-refractivity contribution in [3.05, 3.63) is 71.8 Å². The zero-order valence-electron chi connectivity index (χ0n) is 13.1. The van der Waals surface area contributed by atoms with Gasteiger partial charge in [-0.2, -0.15) is 0 Å². The number of rotatable bonds is 4. The Balaban J connectivity index is 1.85. The zero-order chi connectivity index (χ0) is 15.4. The number of likely N-dealkylation sites (tertiary alicyclic amines) is 1. The van der Waals surface area contributed by atoms with Crippen LogP contribution in [0.25, 0.3) is 0 Å². The van der Waals surface area contributed by atoms with Crippen LogP contribution in [0.1, 0.15) is 43.2 Å². The lowest BCUT2D eigenvalue weighted by molar-refractivity contribution is -0.131. The maximum Gasteiger partial charge on any atom is 0.223 e. The summed E-state index contributed by atoms with van der Waals surface area (Å²) >= 11 is 0. The highest BCUT2D eigenvalue weighted by atomic mass is 16.2. The largest absolute Gasteiger partial charge is 0.340 e. The number of amides is 1. The van der Waals surface area contributed by atoms with Gasteiger partial charge in [0.15, 0.2) is 0 Å². The van der Waals surface area contributed by atoms with Gasteiger partial charge >= 0.3 is 0 Å². The second-order valence-corrected chi connectivity index (χ2v) is 6.16. The van der Waals surface area contributed by atoms with Crippen molar-refractivity contribution in [2.75, 3.05) is 6.54 Å². The Bertz CT molecular complexity index is 569. The predicted molar refractivity (Wildman–Crippen MR) is 89.8 cm³/mol. The van der Waals surface area contributed by atoms with Gasteiger partial charge in [0.25, 0.3) is 0 Å².